The molecule has 10 heteroatoms. The van der Waals surface area contributed by atoms with E-state index in [0.29, 0.717) is 18.6 Å². The van der Waals surface area contributed by atoms with Crippen LogP contribution in [0, 0.1) is 13.3 Å². The van der Waals surface area contributed by atoms with E-state index in [0.717, 1.165) is 11.2 Å². The summed E-state index contributed by atoms with van der Waals surface area (Å²) in [5.41, 5.74) is 2.22. The molecule has 0 aliphatic rings. The smallest absolute Gasteiger partial charge is 0.331 e. The molecule has 21 heavy (non-hydrogen) atoms. The minimum absolute atomic E-state index is 0. The molecule has 0 fully saturated rings. The van der Waals surface area contributed by atoms with Gasteiger partial charge in [0, 0.05) is 66.2 Å². The largest absolute Gasteiger partial charge is 0.369 e. The molecular formula is C11H15N4O3P2Y-. The molecule has 1 N–H and O–H groups in total. The fourth-order valence-electron chi connectivity index (χ4n) is 1.67. The van der Waals surface area contributed by atoms with Crippen LogP contribution >= 0.6 is 17.0 Å². The average molecular weight is 403 g/mol. The maximum absolute atomic E-state index is 11.4. The van der Waals surface area contributed by atoms with Gasteiger partial charge in [-0.2, -0.15) is 0 Å². The van der Waals surface area contributed by atoms with E-state index < -0.39 is 17.0 Å². The second-order valence-electron chi connectivity index (χ2n) is 4.19. The van der Waals surface area contributed by atoms with Crippen LogP contribution in [0.5, 0.6) is 0 Å². The monoisotopic (exact) mass is 403 g/mol. The van der Waals surface area contributed by atoms with Gasteiger partial charge in [0.1, 0.15) is 0 Å². The maximum Gasteiger partial charge on any atom is 0.331 e. The third kappa shape index (κ3) is 5.28. The zero-order valence-corrected chi connectivity index (χ0v) is 16.2. The Morgan fingerprint density at radius 2 is 2.43 bits per heavy atom. The Bertz CT molecular complexity index is 697. The third-order valence-electron chi connectivity index (χ3n) is 2.72. The van der Waals surface area contributed by atoms with Crippen molar-refractivity contribution in [2.45, 2.75) is 19.9 Å². The molecule has 0 amide bonds. The van der Waals surface area contributed by atoms with Gasteiger partial charge in [0.15, 0.2) is 0 Å². The van der Waals surface area contributed by atoms with Crippen molar-refractivity contribution in [2.75, 3.05) is 6.16 Å². The molecule has 2 aromatic heterocycles. The van der Waals surface area contributed by atoms with Crippen LogP contribution in [0.2, 0.25) is 0 Å². The third-order valence-corrected chi connectivity index (χ3v) is 4.68. The molecule has 2 rings (SSSR count). The molecule has 0 saturated heterocycles. The summed E-state index contributed by atoms with van der Waals surface area (Å²) in [7, 11) is -4.34. The molecule has 2 unspecified atom stereocenters. The molecule has 1 radical (unpaired) electrons. The van der Waals surface area contributed by atoms with E-state index in [1.54, 1.807) is 12.4 Å². The fraction of sp³-hybridized carbons (Fsp3) is 0.364. The number of imidazole rings is 1. The first-order valence-electron chi connectivity index (χ1n) is 6.41. The predicted molar refractivity (Wildman–Crippen MR) is 78.1 cm³/mol. The van der Waals surface area contributed by atoms with Crippen LogP contribution in [-0.4, -0.2) is 31.9 Å². The first-order valence-corrected chi connectivity index (χ1v) is 8.08. The number of aromatic nitrogens is 4. The molecular weight excluding hydrogens is 387 g/mol. The van der Waals surface area contributed by atoms with E-state index in [9.17, 15) is 9.46 Å². The van der Waals surface area contributed by atoms with Crippen LogP contribution in [0.4, 0.5) is 0 Å². The molecule has 7 nitrogen and oxygen atoms in total. The van der Waals surface area contributed by atoms with E-state index in [4.69, 9.17) is 1.28 Å². The van der Waals surface area contributed by atoms with Crippen LogP contribution in [0.25, 0.3) is 11.2 Å². The molecule has 0 aliphatic heterocycles. The molecule has 0 spiro atoms. The van der Waals surface area contributed by atoms with Crippen molar-refractivity contribution in [1.29, 1.82) is 1.28 Å². The van der Waals surface area contributed by atoms with Crippen molar-refractivity contribution in [1.82, 2.24) is 19.5 Å². The summed E-state index contributed by atoms with van der Waals surface area (Å²) >= 11 is 0. The minimum atomic E-state index is -3.61. The Labute approximate surface area is 151 Å². The van der Waals surface area contributed by atoms with E-state index >= 15 is 0 Å². The van der Waals surface area contributed by atoms with Gasteiger partial charge in [-0.25, -0.2) is 0 Å². The zero-order valence-electron chi connectivity index (χ0n) is 12.4. The Morgan fingerprint density at radius 3 is 3.19 bits per heavy atom. The number of fused-ring (bicyclic) bond motifs is 1. The molecule has 0 aromatic carbocycles. The predicted octanol–water partition coefficient (Wildman–Crippen LogP) is 1.87. The van der Waals surface area contributed by atoms with Crippen LogP contribution in [0.3, 0.4) is 0 Å². The Kier molecular flexibility index (Phi) is 7.07. The quantitative estimate of drug-likeness (QED) is 0.432. The molecule has 0 saturated carbocycles. The second kappa shape index (κ2) is 8.57. The van der Waals surface area contributed by atoms with Gasteiger partial charge in [0.2, 0.25) is 0 Å². The first kappa shape index (κ1) is 17.3. The van der Waals surface area contributed by atoms with E-state index in [-0.39, 0.29) is 38.9 Å². The summed E-state index contributed by atoms with van der Waals surface area (Å²) in [6, 6.07) is 0. The summed E-state index contributed by atoms with van der Waals surface area (Å²) < 4.78 is 24.5. The van der Waals surface area contributed by atoms with Crippen LogP contribution < -0.4 is 0 Å². The summed E-state index contributed by atoms with van der Waals surface area (Å²) in [5, 5.41) is 0. The number of hydrogen-bond acceptors (Lipinski definition) is 5. The summed E-state index contributed by atoms with van der Waals surface area (Å²) in [6.45, 7) is 2.40. The van der Waals surface area contributed by atoms with E-state index in [2.05, 4.69) is 25.6 Å². The molecule has 111 valence electrons. The van der Waals surface area contributed by atoms with Crippen LogP contribution in [-0.2, 0) is 48.1 Å². The number of rotatable bonds is 7. The van der Waals surface area contributed by atoms with Crippen molar-refractivity contribution in [2.24, 2.45) is 0 Å². The van der Waals surface area contributed by atoms with E-state index in [1.165, 1.54) is 0 Å². The van der Waals surface area contributed by atoms with E-state index in [1.807, 2.05) is 17.6 Å². The molecule has 2 aromatic rings. The molecule has 0 aliphatic carbocycles. The Morgan fingerprint density at radius 1 is 1.62 bits per heavy atom. The van der Waals surface area contributed by atoms with Crippen molar-refractivity contribution in [3.63, 3.8) is 0 Å². The maximum atomic E-state index is 11.4. The van der Waals surface area contributed by atoms with Crippen LogP contribution in [0.1, 0.15) is 12.1 Å². The summed E-state index contributed by atoms with van der Waals surface area (Å²) in [5.74, 6) is 0. The normalized spacial score (nSPS) is 15.4. The second-order valence-corrected chi connectivity index (χ2v) is 6.64. The summed E-state index contributed by atoms with van der Waals surface area (Å²) in [6.07, 6.45) is 8.32. The fourth-order valence-corrected chi connectivity index (χ4v) is 2.51. The topological polar surface area (TPSA) is 90.1 Å². The molecule has 2 heterocycles. The molecule has 0 bridgehead atoms. The van der Waals surface area contributed by atoms with Gasteiger partial charge in [-0.3, -0.25) is 13.9 Å². The van der Waals surface area contributed by atoms with Crippen molar-refractivity contribution in [3.05, 3.63) is 30.5 Å². The van der Waals surface area contributed by atoms with Crippen LogP contribution in [0.15, 0.2) is 18.5 Å². The van der Waals surface area contributed by atoms with Gasteiger partial charge < -0.3 is 19.4 Å². The number of allylic oxidation sites excluding steroid dienone is 2. The van der Waals surface area contributed by atoms with Gasteiger partial charge >= 0.3 is 7.60 Å². The molecule has 2 atom stereocenters. The number of aryl methyl sites for hydroxylation is 1. The van der Waals surface area contributed by atoms with Crippen molar-refractivity contribution >= 4 is 28.2 Å². The van der Waals surface area contributed by atoms with Crippen molar-refractivity contribution in [3.8, 4) is 0 Å². The number of hydrogen-bond donors (Lipinski definition) is 1. The van der Waals surface area contributed by atoms with Gasteiger partial charge in [0.05, 0.1) is 13.8 Å². The standard InChI is InChI=1S/C11H15N4O3P2.Y/c1-9-10-11(13-7-12-9)15(8-14-10)5-3-2-4-6-20(16,17)18-19;/h2-3,8H,4-6,19H2,1H3,(H,16,17);/q-1;/b3-2-;/i19D;. The average Bonchev–Trinajstić information content (AvgIpc) is 2.83. The van der Waals surface area contributed by atoms with Gasteiger partial charge in [-0.05, 0) is 12.1 Å². The minimum Gasteiger partial charge on any atom is -0.369 e. The van der Waals surface area contributed by atoms with Crippen molar-refractivity contribution < 1.29 is 46.5 Å². The van der Waals surface area contributed by atoms with Gasteiger partial charge in [-0.15, -0.1) is 0 Å². The Balaban J connectivity index is 0.00000242. The SMILES string of the molecule is [2H]POP(=O)(O)CC/C=C\Cn1cnc2c(C)n[c-]nc21.[Y]. The zero-order chi connectivity index (χ0) is 15.3. The first-order chi connectivity index (χ1) is 10.0. The summed E-state index contributed by atoms with van der Waals surface area (Å²) in [4.78, 5) is 21.6. The van der Waals surface area contributed by atoms with Gasteiger partial charge in [-0.1, -0.05) is 19.1 Å². The van der Waals surface area contributed by atoms with Gasteiger partial charge in [0.25, 0.3) is 0 Å². The number of nitrogens with zero attached hydrogens (tertiary/aromatic N) is 4. The Hall–Kier alpha value is -0.0261.